The number of rotatable bonds is 6. The van der Waals surface area contributed by atoms with Gasteiger partial charge in [0.15, 0.2) is 4.77 Å². The zero-order valence-electron chi connectivity index (χ0n) is 17.2. The van der Waals surface area contributed by atoms with Crippen molar-refractivity contribution in [3.8, 4) is 0 Å². The quantitative estimate of drug-likeness (QED) is 0.433. The van der Waals surface area contributed by atoms with E-state index in [2.05, 4.69) is 22.4 Å². The van der Waals surface area contributed by atoms with Crippen molar-refractivity contribution in [2.45, 2.75) is 25.9 Å². The molecular formula is C25H23N3O2S. The summed E-state index contributed by atoms with van der Waals surface area (Å²) in [6.45, 7) is 2.36. The van der Waals surface area contributed by atoms with Crippen LogP contribution in [0.2, 0.25) is 0 Å². The topological polar surface area (TPSA) is 66.9 Å². The first-order valence-electron chi connectivity index (χ1n) is 10.2. The van der Waals surface area contributed by atoms with Crippen molar-refractivity contribution in [2.24, 2.45) is 0 Å². The highest BCUT2D eigenvalue weighted by atomic mass is 32.1. The Morgan fingerprint density at radius 2 is 1.71 bits per heavy atom. The Hall–Kier alpha value is -3.51. The fourth-order valence-electron chi connectivity index (χ4n) is 3.71. The predicted octanol–water partition coefficient (Wildman–Crippen LogP) is 4.79. The van der Waals surface area contributed by atoms with Crippen LogP contribution in [0.1, 0.15) is 34.5 Å². The van der Waals surface area contributed by atoms with Gasteiger partial charge in [0.1, 0.15) is 0 Å². The second kappa shape index (κ2) is 9.10. The summed E-state index contributed by atoms with van der Waals surface area (Å²) in [6, 6.07) is 24.9. The van der Waals surface area contributed by atoms with Crippen LogP contribution >= 0.6 is 12.2 Å². The third-order valence-electron chi connectivity index (χ3n) is 5.35. The minimum Gasteiger partial charge on any atom is -0.345 e. The van der Waals surface area contributed by atoms with Crippen LogP contribution in [-0.2, 0) is 13.0 Å². The average Bonchev–Trinajstić information content (AvgIpc) is 2.80. The van der Waals surface area contributed by atoms with Gasteiger partial charge < -0.3 is 10.3 Å². The molecule has 31 heavy (non-hydrogen) atoms. The lowest BCUT2D eigenvalue weighted by molar-refractivity contribution is 0.0936. The van der Waals surface area contributed by atoms with Gasteiger partial charge in [-0.1, -0.05) is 60.7 Å². The molecule has 5 nitrogen and oxygen atoms in total. The normalized spacial score (nSPS) is 11.9. The van der Waals surface area contributed by atoms with Gasteiger partial charge in [0.05, 0.1) is 16.9 Å². The standard InChI is InChI=1S/C25H23N3O2S/c1-2-28-24(30)20-14-13-19(16-22(20)27-25(28)31)23(29)26-21(18-11-7-4-8-12-18)15-17-9-5-3-6-10-17/h3-14,16,21H,2,15H2,1H3,(H,26,29)(H,27,31). The molecule has 156 valence electrons. The van der Waals surface area contributed by atoms with Crippen LogP contribution in [0.4, 0.5) is 0 Å². The summed E-state index contributed by atoms with van der Waals surface area (Å²) in [7, 11) is 0. The lowest BCUT2D eigenvalue weighted by Crippen LogP contribution is -2.30. The number of hydrogen-bond acceptors (Lipinski definition) is 3. The van der Waals surface area contributed by atoms with E-state index in [4.69, 9.17) is 12.2 Å². The number of carbonyl (C=O) groups is 1. The minimum atomic E-state index is -0.203. The molecule has 0 saturated heterocycles. The molecule has 0 fully saturated rings. The second-order valence-electron chi connectivity index (χ2n) is 7.37. The Bertz CT molecular complexity index is 1330. The van der Waals surface area contributed by atoms with E-state index in [9.17, 15) is 9.59 Å². The summed E-state index contributed by atoms with van der Waals surface area (Å²) in [6.07, 6.45) is 0.674. The van der Waals surface area contributed by atoms with E-state index < -0.39 is 0 Å². The van der Waals surface area contributed by atoms with Crippen molar-refractivity contribution < 1.29 is 4.79 Å². The summed E-state index contributed by atoms with van der Waals surface area (Å²) < 4.78 is 1.85. The summed E-state index contributed by atoms with van der Waals surface area (Å²) in [5, 5.41) is 3.66. The molecule has 2 N–H and O–H groups in total. The van der Waals surface area contributed by atoms with Crippen LogP contribution in [0, 0.1) is 4.77 Å². The van der Waals surface area contributed by atoms with Gasteiger partial charge in [-0.2, -0.15) is 0 Å². The van der Waals surface area contributed by atoms with E-state index in [0.29, 0.717) is 34.2 Å². The van der Waals surface area contributed by atoms with Gasteiger partial charge in [0.2, 0.25) is 0 Å². The first kappa shape index (κ1) is 20.8. The molecule has 6 heteroatoms. The Morgan fingerprint density at radius 1 is 1.03 bits per heavy atom. The molecular weight excluding hydrogens is 406 g/mol. The molecule has 1 atom stereocenters. The van der Waals surface area contributed by atoms with E-state index >= 15 is 0 Å². The third-order valence-corrected chi connectivity index (χ3v) is 5.67. The van der Waals surface area contributed by atoms with E-state index in [-0.39, 0.29) is 17.5 Å². The third kappa shape index (κ3) is 4.49. The van der Waals surface area contributed by atoms with Crippen molar-refractivity contribution in [2.75, 3.05) is 0 Å². The zero-order chi connectivity index (χ0) is 21.8. The highest BCUT2D eigenvalue weighted by Crippen LogP contribution is 2.20. The molecule has 0 aliphatic heterocycles. The first-order chi connectivity index (χ1) is 15.1. The van der Waals surface area contributed by atoms with Crippen molar-refractivity contribution in [3.05, 3.63) is 111 Å². The molecule has 1 aromatic heterocycles. The number of benzene rings is 3. The van der Waals surface area contributed by atoms with Crippen LogP contribution in [0.3, 0.4) is 0 Å². The summed E-state index contributed by atoms with van der Waals surface area (Å²) in [4.78, 5) is 28.8. The summed E-state index contributed by atoms with van der Waals surface area (Å²) in [5.74, 6) is -0.203. The number of nitrogens with zero attached hydrogens (tertiary/aromatic N) is 1. The van der Waals surface area contributed by atoms with E-state index in [0.717, 1.165) is 11.1 Å². The van der Waals surface area contributed by atoms with Gasteiger partial charge >= 0.3 is 0 Å². The van der Waals surface area contributed by atoms with Crippen LogP contribution in [0.5, 0.6) is 0 Å². The first-order valence-corrected chi connectivity index (χ1v) is 10.6. The molecule has 0 bridgehead atoms. The number of carbonyl (C=O) groups excluding carboxylic acids is 1. The number of H-pyrrole nitrogens is 1. The maximum Gasteiger partial charge on any atom is 0.262 e. The van der Waals surface area contributed by atoms with Gasteiger partial charge in [-0.3, -0.25) is 14.2 Å². The number of aromatic nitrogens is 2. The highest BCUT2D eigenvalue weighted by Gasteiger charge is 2.17. The maximum absolute atomic E-state index is 13.1. The van der Waals surface area contributed by atoms with Crippen LogP contribution in [-0.4, -0.2) is 15.5 Å². The summed E-state index contributed by atoms with van der Waals surface area (Å²) >= 11 is 5.29. The number of aromatic amines is 1. The number of hydrogen-bond donors (Lipinski definition) is 2. The fraction of sp³-hybridized carbons (Fsp3) is 0.160. The second-order valence-corrected chi connectivity index (χ2v) is 7.75. The Morgan fingerprint density at radius 3 is 2.39 bits per heavy atom. The fourth-order valence-corrected chi connectivity index (χ4v) is 4.03. The molecule has 3 aromatic carbocycles. The van der Waals surface area contributed by atoms with Gasteiger partial charge in [-0.05, 0) is 54.9 Å². The van der Waals surface area contributed by atoms with Crippen molar-refractivity contribution in [1.82, 2.24) is 14.9 Å². The van der Waals surface area contributed by atoms with E-state index in [1.54, 1.807) is 18.2 Å². The average molecular weight is 430 g/mol. The van der Waals surface area contributed by atoms with Crippen molar-refractivity contribution >= 4 is 29.0 Å². The molecule has 0 spiro atoms. The zero-order valence-corrected chi connectivity index (χ0v) is 18.0. The largest absolute Gasteiger partial charge is 0.345 e. The van der Waals surface area contributed by atoms with Gasteiger partial charge in [0.25, 0.3) is 11.5 Å². The minimum absolute atomic E-state index is 0.153. The SMILES string of the molecule is CCn1c(=S)[nH]c2cc(C(=O)NC(Cc3ccccc3)c3ccccc3)ccc2c1=O. The number of amides is 1. The van der Waals surface area contributed by atoms with Crippen LogP contribution in [0.25, 0.3) is 10.9 Å². The predicted molar refractivity (Wildman–Crippen MR) is 126 cm³/mol. The molecule has 1 heterocycles. The van der Waals surface area contributed by atoms with Gasteiger partial charge in [-0.15, -0.1) is 0 Å². The smallest absolute Gasteiger partial charge is 0.262 e. The van der Waals surface area contributed by atoms with Gasteiger partial charge in [0, 0.05) is 12.1 Å². The van der Waals surface area contributed by atoms with Crippen molar-refractivity contribution in [3.63, 3.8) is 0 Å². The van der Waals surface area contributed by atoms with Crippen LogP contribution < -0.4 is 10.9 Å². The molecule has 1 amide bonds. The molecule has 4 rings (SSSR count). The molecule has 0 saturated carbocycles. The monoisotopic (exact) mass is 429 g/mol. The Labute approximate surface area is 185 Å². The molecule has 0 radical (unpaired) electrons. The molecule has 0 aliphatic rings. The number of nitrogens with one attached hydrogen (secondary N) is 2. The van der Waals surface area contributed by atoms with E-state index in [1.165, 1.54) is 4.57 Å². The van der Waals surface area contributed by atoms with E-state index in [1.807, 2.05) is 55.5 Å². The molecule has 4 aromatic rings. The maximum atomic E-state index is 13.1. The van der Waals surface area contributed by atoms with Crippen molar-refractivity contribution in [1.29, 1.82) is 0 Å². The molecule has 0 aliphatic carbocycles. The summed E-state index contributed by atoms with van der Waals surface area (Å²) in [5.41, 5.74) is 3.05. The number of fused-ring (bicyclic) bond motifs is 1. The lowest BCUT2D eigenvalue weighted by atomic mass is 9.98. The Kier molecular flexibility index (Phi) is 6.09. The van der Waals surface area contributed by atoms with Crippen LogP contribution in [0.15, 0.2) is 83.7 Å². The highest BCUT2D eigenvalue weighted by molar-refractivity contribution is 7.71. The molecule has 1 unspecified atom stereocenters. The Balaban J connectivity index is 1.66. The lowest BCUT2D eigenvalue weighted by Gasteiger charge is -2.20. The van der Waals surface area contributed by atoms with Gasteiger partial charge in [-0.25, -0.2) is 0 Å².